The van der Waals surface area contributed by atoms with Crippen molar-refractivity contribution in [2.45, 2.75) is 166 Å². The van der Waals surface area contributed by atoms with Crippen molar-refractivity contribution in [3.8, 4) is 0 Å². The fourth-order valence-corrected chi connectivity index (χ4v) is 6.00. The van der Waals surface area contributed by atoms with Crippen molar-refractivity contribution in [2.24, 2.45) is 0 Å². The molecule has 2 unspecified atom stereocenters. The van der Waals surface area contributed by atoms with E-state index in [0.29, 0.717) is 6.10 Å². The van der Waals surface area contributed by atoms with Gasteiger partial charge in [-0.05, 0) is 50.7 Å². The van der Waals surface area contributed by atoms with E-state index >= 15 is 0 Å². The Labute approximate surface area is 195 Å². The summed E-state index contributed by atoms with van der Waals surface area (Å²) in [6.45, 7) is 5.71. The van der Waals surface area contributed by atoms with E-state index in [1.807, 2.05) is 0 Å². The third-order valence-corrected chi connectivity index (χ3v) is 8.45. The van der Waals surface area contributed by atoms with E-state index < -0.39 is 0 Å². The van der Waals surface area contributed by atoms with Crippen LogP contribution in [-0.2, 0) is 4.74 Å². The summed E-state index contributed by atoms with van der Waals surface area (Å²) < 4.78 is 5.83. The van der Waals surface area contributed by atoms with Gasteiger partial charge in [0.2, 0.25) is 0 Å². The lowest BCUT2D eigenvalue weighted by molar-refractivity contribution is 0.00977. The predicted octanol–water partition coefficient (Wildman–Crippen LogP) is 10.1. The monoisotopic (exact) mass is 440 g/mol. The molecule has 0 aromatic rings. The van der Waals surface area contributed by atoms with Crippen molar-refractivity contribution in [2.75, 3.05) is 12.4 Å². The molecule has 30 heavy (non-hydrogen) atoms. The maximum absolute atomic E-state index is 5.83. The van der Waals surface area contributed by atoms with E-state index in [4.69, 9.17) is 4.74 Å². The van der Waals surface area contributed by atoms with Gasteiger partial charge in [0.25, 0.3) is 0 Å². The van der Waals surface area contributed by atoms with Gasteiger partial charge in [-0.1, -0.05) is 110 Å². The van der Waals surface area contributed by atoms with Crippen molar-refractivity contribution in [1.29, 1.82) is 0 Å². The first-order chi connectivity index (χ1) is 14.9. The third-order valence-electron chi connectivity index (χ3n) is 6.88. The van der Waals surface area contributed by atoms with E-state index in [9.17, 15) is 0 Å². The summed E-state index contributed by atoms with van der Waals surface area (Å²) in [7, 11) is 0. The Hall–Kier alpha value is 0.310. The summed E-state index contributed by atoms with van der Waals surface area (Å²) in [6.07, 6.45) is 31.9. The number of thioether (sulfide) groups is 1. The minimum atomic E-state index is 0.597. The van der Waals surface area contributed by atoms with Gasteiger partial charge >= 0.3 is 0 Å². The average Bonchev–Trinajstić information content (AvgIpc) is 2.78. The Bertz CT molecular complexity index is 327. The molecule has 1 heterocycles. The van der Waals surface area contributed by atoms with Gasteiger partial charge in [-0.15, -0.1) is 0 Å². The van der Waals surface area contributed by atoms with Gasteiger partial charge in [-0.3, -0.25) is 0 Å². The van der Waals surface area contributed by atoms with Crippen LogP contribution in [0, 0.1) is 0 Å². The van der Waals surface area contributed by atoms with E-state index in [1.165, 1.54) is 147 Å². The summed E-state index contributed by atoms with van der Waals surface area (Å²) in [6, 6.07) is 0. The van der Waals surface area contributed by atoms with Crippen LogP contribution in [-0.4, -0.2) is 23.7 Å². The summed E-state index contributed by atoms with van der Waals surface area (Å²) >= 11 is 2.27. The number of ether oxygens (including phenoxy) is 1. The smallest absolute Gasteiger partial charge is 0.0575 e. The summed E-state index contributed by atoms with van der Waals surface area (Å²) in [5.74, 6) is 1.40. The van der Waals surface area contributed by atoms with Crippen LogP contribution in [0.4, 0.5) is 0 Å². The SMILES string of the molecule is CCCCCCCCCC(CC)SCCCCCCCCCCCC1CCCCO1. The summed E-state index contributed by atoms with van der Waals surface area (Å²) in [5, 5.41) is 0.930. The maximum Gasteiger partial charge on any atom is 0.0575 e. The molecule has 1 saturated heterocycles. The standard InChI is InChI=1S/C28H56OS/c1-3-5-6-7-11-15-18-24-28(4-2)30-26-21-16-13-10-8-9-12-14-17-22-27-23-19-20-25-29-27/h27-28H,3-26H2,1-2H3. The molecule has 1 aliphatic heterocycles. The summed E-state index contributed by atoms with van der Waals surface area (Å²) in [4.78, 5) is 0. The molecule has 0 aromatic carbocycles. The molecule has 0 saturated carbocycles. The lowest BCUT2D eigenvalue weighted by atomic mass is 10.0. The Morgan fingerprint density at radius 3 is 1.90 bits per heavy atom. The zero-order valence-electron chi connectivity index (χ0n) is 20.9. The first-order valence-electron chi connectivity index (χ1n) is 14.1. The molecule has 0 radical (unpaired) electrons. The number of hydrogen-bond acceptors (Lipinski definition) is 2. The van der Waals surface area contributed by atoms with Crippen molar-refractivity contribution >= 4 is 11.8 Å². The van der Waals surface area contributed by atoms with E-state index in [0.717, 1.165) is 11.9 Å². The molecule has 2 heteroatoms. The topological polar surface area (TPSA) is 9.23 Å². The fraction of sp³-hybridized carbons (Fsp3) is 1.00. The van der Waals surface area contributed by atoms with Crippen LogP contribution < -0.4 is 0 Å². The Kier molecular flexibility index (Phi) is 21.3. The second-order valence-corrected chi connectivity index (χ2v) is 11.2. The molecule has 1 fully saturated rings. The molecular weight excluding hydrogens is 384 g/mol. The lowest BCUT2D eigenvalue weighted by Crippen LogP contribution is -2.18. The number of unbranched alkanes of at least 4 members (excludes halogenated alkanes) is 14. The molecule has 1 rings (SSSR count). The molecular formula is C28H56OS. The molecule has 1 aliphatic rings. The van der Waals surface area contributed by atoms with Gasteiger partial charge in [-0.25, -0.2) is 0 Å². The second kappa shape index (κ2) is 22.5. The van der Waals surface area contributed by atoms with Crippen LogP contribution in [0.1, 0.15) is 155 Å². The van der Waals surface area contributed by atoms with Crippen LogP contribution in [0.5, 0.6) is 0 Å². The Morgan fingerprint density at radius 2 is 1.30 bits per heavy atom. The third kappa shape index (κ3) is 17.9. The normalized spacial score (nSPS) is 18.0. The molecule has 0 aliphatic carbocycles. The van der Waals surface area contributed by atoms with E-state index in [1.54, 1.807) is 0 Å². The largest absolute Gasteiger partial charge is 0.378 e. The molecule has 1 nitrogen and oxygen atoms in total. The van der Waals surface area contributed by atoms with Gasteiger partial charge in [0.15, 0.2) is 0 Å². The van der Waals surface area contributed by atoms with Crippen molar-refractivity contribution in [1.82, 2.24) is 0 Å². The molecule has 180 valence electrons. The minimum Gasteiger partial charge on any atom is -0.378 e. The molecule has 0 aromatic heterocycles. The summed E-state index contributed by atoms with van der Waals surface area (Å²) in [5.41, 5.74) is 0. The van der Waals surface area contributed by atoms with Gasteiger partial charge in [0.1, 0.15) is 0 Å². The van der Waals surface area contributed by atoms with Crippen molar-refractivity contribution in [3.05, 3.63) is 0 Å². The molecule has 0 amide bonds. The highest BCUT2D eigenvalue weighted by molar-refractivity contribution is 7.99. The van der Waals surface area contributed by atoms with Crippen LogP contribution in [0.2, 0.25) is 0 Å². The molecule has 2 atom stereocenters. The fourth-order valence-electron chi connectivity index (χ4n) is 4.73. The first-order valence-corrected chi connectivity index (χ1v) is 15.1. The highest BCUT2D eigenvalue weighted by Crippen LogP contribution is 2.23. The van der Waals surface area contributed by atoms with Crippen LogP contribution >= 0.6 is 11.8 Å². The Balaban J connectivity index is 1.76. The van der Waals surface area contributed by atoms with Gasteiger partial charge in [0.05, 0.1) is 6.10 Å². The predicted molar refractivity (Wildman–Crippen MR) is 139 cm³/mol. The van der Waals surface area contributed by atoms with Crippen LogP contribution in [0.25, 0.3) is 0 Å². The number of rotatable bonds is 22. The number of hydrogen-bond donors (Lipinski definition) is 0. The Morgan fingerprint density at radius 1 is 0.700 bits per heavy atom. The first kappa shape index (κ1) is 28.3. The van der Waals surface area contributed by atoms with Crippen LogP contribution in [0.15, 0.2) is 0 Å². The van der Waals surface area contributed by atoms with Crippen LogP contribution in [0.3, 0.4) is 0 Å². The van der Waals surface area contributed by atoms with Crippen molar-refractivity contribution < 1.29 is 4.74 Å². The quantitative estimate of drug-likeness (QED) is 0.155. The molecule has 0 spiro atoms. The average molecular weight is 441 g/mol. The minimum absolute atomic E-state index is 0.597. The lowest BCUT2D eigenvalue weighted by Gasteiger charge is -2.22. The van der Waals surface area contributed by atoms with E-state index in [2.05, 4.69) is 25.6 Å². The van der Waals surface area contributed by atoms with E-state index in [-0.39, 0.29) is 0 Å². The van der Waals surface area contributed by atoms with Gasteiger partial charge in [0, 0.05) is 11.9 Å². The van der Waals surface area contributed by atoms with Gasteiger partial charge in [-0.2, -0.15) is 11.8 Å². The highest BCUT2D eigenvalue weighted by atomic mass is 32.2. The zero-order valence-corrected chi connectivity index (χ0v) is 21.8. The highest BCUT2D eigenvalue weighted by Gasteiger charge is 2.12. The zero-order chi connectivity index (χ0) is 21.5. The second-order valence-electron chi connectivity index (χ2n) is 9.77. The van der Waals surface area contributed by atoms with Gasteiger partial charge < -0.3 is 4.74 Å². The molecule has 0 N–H and O–H groups in total. The van der Waals surface area contributed by atoms with Crippen molar-refractivity contribution in [3.63, 3.8) is 0 Å². The maximum atomic E-state index is 5.83. The molecule has 0 bridgehead atoms.